The lowest BCUT2D eigenvalue weighted by molar-refractivity contribution is -0.146. The third kappa shape index (κ3) is 4.65. The van der Waals surface area contributed by atoms with Crippen LogP contribution in [0, 0.1) is 6.92 Å². The molecule has 174 valence electrons. The van der Waals surface area contributed by atoms with Gasteiger partial charge in [0.25, 0.3) is 5.91 Å². The fourth-order valence-corrected chi connectivity index (χ4v) is 4.72. The second-order valence-electron chi connectivity index (χ2n) is 8.44. The summed E-state index contributed by atoms with van der Waals surface area (Å²) < 4.78 is 5.20. The van der Waals surface area contributed by atoms with Gasteiger partial charge in [-0.25, -0.2) is 0 Å². The molecule has 2 aromatic carbocycles. The average Bonchev–Trinajstić information content (AvgIpc) is 3.41. The summed E-state index contributed by atoms with van der Waals surface area (Å²) in [6.45, 7) is 5.51. The molecule has 4 rings (SSSR count). The summed E-state index contributed by atoms with van der Waals surface area (Å²) in [5, 5.41) is 12.6. The first-order chi connectivity index (χ1) is 16.3. The number of aliphatic hydroxyl groups excluding tert-OH is 1. The maximum Gasteiger partial charge on any atom is 0.310 e. The Kier molecular flexibility index (Phi) is 6.65. The van der Waals surface area contributed by atoms with E-state index in [1.807, 2.05) is 31.2 Å². The Morgan fingerprint density at radius 2 is 1.82 bits per heavy atom. The minimum atomic E-state index is -0.779. The van der Waals surface area contributed by atoms with Gasteiger partial charge < -0.3 is 9.84 Å². The van der Waals surface area contributed by atoms with Gasteiger partial charge in [0, 0.05) is 5.69 Å². The van der Waals surface area contributed by atoms with Crippen molar-refractivity contribution in [3.63, 3.8) is 0 Å². The first kappa shape index (κ1) is 23.4. The summed E-state index contributed by atoms with van der Waals surface area (Å²) in [6, 6.07) is 17.1. The number of aryl methyl sites for hydroxylation is 1. The third-order valence-corrected chi connectivity index (χ3v) is 6.35. The number of ketones is 1. The Morgan fingerprint density at radius 1 is 1.09 bits per heavy atom. The third-order valence-electron chi connectivity index (χ3n) is 5.49. The smallest absolute Gasteiger partial charge is 0.310 e. The van der Waals surface area contributed by atoms with E-state index >= 15 is 0 Å². The number of carbonyl (C=O) groups is 3. The van der Waals surface area contributed by atoms with E-state index in [2.05, 4.69) is 0 Å². The van der Waals surface area contributed by atoms with Gasteiger partial charge in [-0.05, 0) is 55.5 Å². The Labute approximate surface area is 202 Å². The topological polar surface area (TPSA) is 83.9 Å². The summed E-state index contributed by atoms with van der Waals surface area (Å²) in [5.41, 5.74) is 3.00. The van der Waals surface area contributed by atoms with E-state index in [9.17, 15) is 19.5 Å². The maximum absolute atomic E-state index is 13.3. The van der Waals surface area contributed by atoms with Crippen molar-refractivity contribution in [3.05, 3.63) is 98.9 Å². The second kappa shape index (κ2) is 9.65. The highest BCUT2D eigenvalue weighted by molar-refractivity contribution is 7.12. The molecule has 0 bridgehead atoms. The molecule has 0 saturated heterocycles. The van der Waals surface area contributed by atoms with E-state index < -0.39 is 17.7 Å². The van der Waals surface area contributed by atoms with Gasteiger partial charge in [-0.2, -0.15) is 0 Å². The van der Waals surface area contributed by atoms with Crippen molar-refractivity contribution in [2.45, 2.75) is 39.3 Å². The van der Waals surface area contributed by atoms with Crippen LogP contribution in [-0.4, -0.2) is 28.9 Å². The minimum Gasteiger partial charge on any atom is -0.503 e. The van der Waals surface area contributed by atoms with Crippen LogP contribution in [0.25, 0.3) is 0 Å². The predicted molar refractivity (Wildman–Crippen MR) is 131 cm³/mol. The van der Waals surface area contributed by atoms with Crippen molar-refractivity contribution in [1.82, 2.24) is 0 Å². The van der Waals surface area contributed by atoms with Crippen LogP contribution in [0.2, 0.25) is 0 Å². The summed E-state index contributed by atoms with van der Waals surface area (Å²) in [7, 11) is 0. The number of hydrogen-bond donors (Lipinski definition) is 1. The lowest BCUT2D eigenvalue weighted by atomic mass is 9.94. The lowest BCUT2D eigenvalue weighted by Gasteiger charge is -2.27. The molecule has 7 heteroatoms. The van der Waals surface area contributed by atoms with Crippen LogP contribution in [-0.2, 0) is 20.7 Å². The SMILES string of the molecule is Cc1cccc(C2C(C(=O)c3cccs3)=C(O)C(=O)N2c2ccc(CC(=O)OC(C)C)cc2)c1. The fourth-order valence-electron chi connectivity index (χ4n) is 4.05. The number of aliphatic hydroxyl groups is 1. The van der Waals surface area contributed by atoms with Crippen molar-refractivity contribution in [2.24, 2.45) is 0 Å². The van der Waals surface area contributed by atoms with E-state index in [0.717, 1.165) is 16.7 Å². The van der Waals surface area contributed by atoms with Crippen LogP contribution in [0.15, 0.2) is 77.4 Å². The van der Waals surface area contributed by atoms with Crippen LogP contribution < -0.4 is 4.90 Å². The summed E-state index contributed by atoms with van der Waals surface area (Å²) in [4.78, 5) is 40.5. The quantitative estimate of drug-likeness (QED) is 0.369. The molecule has 2 heterocycles. The molecule has 1 aliphatic heterocycles. The Morgan fingerprint density at radius 3 is 2.44 bits per heavy atom. The van der Waals surface area contributed by atoms with E-state index in [0.29, 0.717) is 10.6 Å². The molecule has 1 amide bonds. The number of thiophene rings is 1. The zero-order valence-electron chi connectivity index (χ0n) is 19.1. The monoisotopic (exact) mass is 475 g/mol. The number of benzene rings is 2. The molecule has 6 nitrogen and oxygen atoms in total. The number of nitrogens with zero attached hydrogens (tertiary/aromatic N) is 1. The van der Waals surface area contributed by atoms with Crippen LogP contribution >= 0.6 is 11.3 Å². The van der Waals surface area contributed by atoms with Gasteiger partial charge in [-0.15, -0.1) is 11.3 Å². The minimum absolute atomic E-state index is 0.0580. The molecule has 0 aliphatic carbocycles. The number of carbonyl (C=O) groups excluding carboxylic acids is 3. The van der Waals surface area contributed by atoms with Crippen molar-refractivity contribution in [2.75, 3.05) is 4.90 Å². The molecular formula is C27H25NO5S. The summed E-state index contributed by atoms with van der Waals surface area (Å²) in [6.07, 6.45) is -0.0864. The van der Waals surface area contributed by atoms with E-state index in [-0.39, 0.29) is 29.9 Å². The van der Waals surface area contributed by atoms with Crippen LogP contribution in [0.3, 0.4) is 0 Å². The van der Waals surface area contributed by atoms with E-state index in [1.54, 1.807) is 55.6 Å². The Hall–Kier alpha value is -3.71. The molecule has 1 aromatic heterocycles. The van der Waals surface area contributed by atoms with Gasteiger partial charge >= 0.3 is 5.97 Å². The summed E-state index contributed by atoms with van der Waals surface area (Å²) >= 11 is 1.26. The van der Waals surface area contributed by atoms with Gasteiger partial charge in [0.2, 0.25) is 5.78 Å². The molecule has 3 aromatic rings. The average molecular weight is 476 g/mol. The van der Waals surface area contributed by atoms with Gasteiger partial charge in [0.1, 0.15) is 0 Å². The maximum atomic E-state index is 13.3. The number of Topliss-reactive ketones (excluding diaryl/α,β-unsaturated/α-hetero) is 1. The van der Waals surface area contributed by atoms with Crippen molar-refractivity contribution in [1.29, 1.82) is 0 Å². The van der Waals surface area contributed by atoms with Crippen LogP contribution in [0.4, 0.5) is 5.69 Å². The predicted octanol–water partition coefficient (Wildman–Crippen LogP) is 5.33. The number of hydrogen-bond acceptors (Lipinski definition) is 6. The molecular weight excluding hydrogens is 450 g/mol. The first-order valence-electron chi connectivity index (χ1n) is 11.0. The highest BCUT2D eigenvalue weighted by Gasteiger charge is 2.44. The Balaban J connectivity index is 1.72. The Bertz CT molecular complexity index is 1260. The lowest BCUT2D eigenvalue weighted by Crippen LogP contribution is -2.31. The molecule has 0 fully saturated rings. The molecule has 1 atom stereocenters. The number of amides is 1. The number of rotatable bonds is 7. The van der Waals surface area contributed by atoms with E-state index in [4.69, 9.17) is 4.74 Å². The number of anilines is 1. The molecule has 1 aliphatic rings. The molecule has 0 saturated carbocycles. The van der Waals surface area contributed by atoms with Gasteiger partial charge in [0.15, 0.2) is 5.76 Å². The molecule has 0 radical (unpaired) electrons. The molecule has 1 unspecified atom stereocenters. The van der Waals surface area contributed by atoms with Gasteiger partial charge in [-0.3, -0.25) is 19.3 Å². The second-order valence-corrected chi connectivity index (χ2v) is 9.39. The molecule has 1 N–H and O–H groups in total. The first-order valence-corrected chi connectivity index (χ1v) is 11.8. The van der Waals surface area contributed by atoms with E-state index in [1.165, 1.54) is 16.2 Å². The zero-order valence-corrected chi connectivity index (χ0v) is 20.0. The number of esters is 1. The van der Waals surface area contributed by atoms with Crippen molar-refractivity contribution < 1.29 is 24.2 Å². The normalized spacial score (nSPS) is 15.8. The fraction of sp³-hybridized carbons (Fsp3) is 0.222. The summed E-state index contributed by atoms with van der Waals surface area (Å²) in [5.74, 6) is -1.89. The van der Waals surface area contributed by atoms with Gasteiger partial charge in [-0.1, -0.05) is 48.0 Å². The molecule has 0 spiro atoms. The number of ether oxygens (including phenoxy) is 1. The van der Waals surface area contributed by atoms with Crippen molar-refractivity contribution in [3.8, 4) is 0 Å². The molecule has 34 heavy (non-hydrogen) atoms. The van der Waals surface area contributed by atoms with Crippen LogP contribution in [0.1, 0.15) is 46.3 Å². The highest BCUT2D eigenvalue weighted by Crippen LogP contribution is 2.42. The zero-order chi connectivity index (χ0) is 24.4. The van der Waals surface area contributed by atoms with Crippen molar-refractivity contribution >= 4 is 34.7 Å². The van der Waals surface area contributed by atoms with Crippen LogP contribution in [0.5, 0.6) is 0 Å². The standard InChI is InChI=1S/C27H25NO5S/c1-16(2)33-22(29)15-18-9-11-20(12-10-18)28-24(19-7-4-6-17(3)14-19)23(26(31)27(28)32)25(30)21-8-5-13-34-21/h4-14,16,24,31H,15H2,1-3H3. The van der Waals surface area contributed by atoms with Gasteiger partial charge in [0.05, 0.1) is 29.0 Å². The largest absolute Gasteiger partial charge is 0.503 e. The highest BCUT2D eigenvalue weighted by atomic mass is 32.1.